The Bertz CT molecular complexity index is 1450. The molecule has 3 rings (SSSR count). The molecule has 0 bridgehead atoms. The maximum absolute atomic E-state index is 13.7. The SMILES string of the molecule is CCC.CCNC(=O)C(NC(=C1CCC1)[C@H](C)NCC(Cc1ccccc1)NC(=O)CN(C)C(=O)C(CC(C)(C)C)NC(=O)c1cc[nH+]cc1)C(C)C. The molecule has 4 atom stereocenters. The summed E-state index contributed by atoms with van der Waals surface area (Å²) in [4.78, 5) is 57.4. The number of nitrogens with zero attached hydrogens (tertiary/aromatic N) is 1. The molecule has 4 amide bonds. The second kappa shape index (κ2) is 22.7. The van der Waals surface area contributed by atoms with Gasteiger partial charge >= 0.3 is 0 Å². The molecule has 0 aliphatic heterocycles. The molecule has 0 radical (unpaired) electrons. The number of amides is 4. The Kier molecular flexibility index (Phi) is 19.3. The van der Waals surface area contributed by atoms with Crippen LogP contribution in [0.2, 0.25) is 0 Å². The van der Waals surface area contributed by atoms with Crippen LogP contribution < -0.4 is 31.6 Å². The van der Waals surface area contributed by atoms with E-state index in [1.165, 1.54) is 16.9 Å². The number of aromatic nitrogens is 1. The van der Waals surface area contributed by atoms with E-state index in [0.29, 0.717) is 31.5 Å². The van der Waals surface area contributed by atoms with E-state index in [2.05, 4.69) is 52.3 Å². The lowest BCUT2D eigenvalue weighted by Crippen LogP contribution is -2.54. The fourth-order valence-corrected chi connectivity index (χ4v) is 6.06. The van der Waals surface area contributed by atoms with Gasteiger partial charge in [0.05, 0.1) is 12.1 Å². The van der Waals surface area contributed by atoms with Gasteiger partial charge in [0.1, 0.15) is 12.1 Å². The number of pyridine rings is 1. The smallest absolute Gasteiger partial charge is 0.252 e. The molecule has 294 valence electrons. The van der Waals surface area contributed by atoms with Crippen molar-refractivity contribution in [1.29, 1.82) is 0 Å². The van der Waals surface area contributed by atoms with Crippen LogP contribution in [0.3, 0.4) is 0 Å². The summed E-state index contributed by atoms with van der Waals surface area (Å²) in [5, 5.41) is 16.2. The molecule has 0 saturated heterocycles. The third kappa shape index (κ3) is 16.1. The van der Waals surface area contributed by atoms with Crippen LogP contribution in [0.4, 0.5) is 0 Å². The van der Waals surface area contributed by atoms with Crippen LogP contribution in [0, 0.1) is 11.3 Å². The van der Waals surface area contributed by atoms with Crippen molar-refractivity contribution in [3.8, 4) is 0 Å². The minimum Gasteiger partial charge on any atom is -0.376 e. The second-order valence-electron chi connectivity index (χ2n) is 15.7. The summed E-state index contributed by atoms with van der Waals surface area (Å²) in [5.41, 5.74) is 3.65. The molecule has 11 heteroatoms. The molecular weight excluding hydrogens is 667 g/mol. The van der Waals surface area contributed by atoms with Gasteiger partial charge in [0, 0.05) is 50.1 Å². The molecule has 1 aliphatic rings. The van der Waals surface area contributed by atoms with E-state index in [0.717, 1.165) is 30.5 Å². The minimum absolute atomic E-state index is 0.0111. The van der Waals surface area contributed by atoms with Gasteiger partial charge in [-0.15, -0.1) is 0 Å². The van der Waals surface area contributed by atoms with Crippen LogP contribution in [0.15, 0.2) is 66.1 Å². The van der Waals surface area contributed by atoms with Crippen molar-refractivity contribution in [2.24, 2.45) is 11.3 Å². The van der Waals surface area contributed by atoms with Gasteiger partial charge < -0.3 is 31.5 Å². The lowest BCUT2D eigenvalue weighted by molar-refractivity contribution is -0.378. The normalized spacial score (nSPS) is 14.7. The zero-order valence-electron chi connectivity index (χ0n) is 34.0. The Morgan fingerprint density at radius 1 is 0.887 bits per heavy atom. The summed E-state index contributed by atoms with van der Waals surface area (Å²) >= 11 is 0. The predicted molar refractivity (Wildman–Crippen MR) is 213 cm³/mol. The van der Waals surface area contributed by atoms with Crippen molar-refractivity contribution in [1.82, 2.24) is 31.5 Å². The highest BCUT2D eigenvalue weighted by atomic mass is 16.2. The van der Waals surface area contributed by atoms with Crippen LogP contribution in [-0.2, 0) is 20.8 Å². The van der Waals surface area contributed by atoms with Gasteiger partial charge in [-0.1, -0.05) is 85.2 Å². The summed E-state index contributed by atoms with van der Waals surface area (Å²) < 4.78 is 0. The van der Waals surface area contributed by atoms with Crippen molar-refractivity contribution < 1.29 is 24.2 Å². The summed E-state index contributed by atoms with van der Waals surface area (Å²) in [5.74, 6) is -0.876. The Balaban J connectivity index is 0.00000313. The first-order valence-corrected chi connectivity index (χ1v) is 19.4. The van der Waals surface area contributed by atoms with E-state index in [9.17, 15) is 19.2 Å². The van der Waals surface area contributed by atoms with E-state index in [1.54, 1.807) is 31.6 Å². The zero-order chi connectivity index (χ0) is 39.6. The average Bonchev–Trinajstić information content (AvgIpc) is 3.07. The zero-order valence-corrected chi connectivity index (χ0v) is 34.0. The number of hydrogen-bond acceptors (Lipinski definition) is 6. The van der Waals surface area contributed by atoms with Crippen LogP contribution in [0.1, 0.15) is 110 Å². The van der Waals surface area contributed by atoms with Crippen molar-refractivity contribution in [3.05, 3.63) is 77.3 Å². The van der Waals surface area contributed by atoms with Gasteiger partial charge in [-0.2, -0.15) is 0 Å². The Morgan fingerprint density at radius 2 is 1.51 bits per heavy atom. The standard InChI is InChI=1S/C39H59N7O4.C3H8/c1-9-41-37(49)34(26(2)3)45-35(29-16-13-17-29)27(4)42-24-31(22-28-14-11-10-12-15-28)43-33(47)25-46(8)38(50)32(23-39(5,6)7)44-36(48)30-18-20-40-21-19-30;1-3-2/h10-12,14-15,18-21,26-27,31-32,34,42,45H,9,13,16-17,22-25H2,1-8H3,(H,41,49)(H,43,47)(H,44,48);3H2,1-2H3/p+1/t27-,31?,32?,34?;/m0./s1. The molecule has 2 aromatic rings. The van der Waals surface area contributed by atoms with Crippen LogP contribution >= 0.6 is 0 Å². The summed E-state index contributed by atoms with van der Waals surface area (Å²) in [6.07, 6.45) is 8.69. The number of aromatic amines is 1. The number of carbonyl (C=O) groups is 4. The van der Waals surface area contributed by atoms with Crippen molar-refractivity contribution >= 4 is 23.6 Å². The number of hydrogen-bond donors (Lipinski definition) is 5. The third-order valence-corrected chi connectivity index (χ3v) is 8.90. The number of rotatable bonds is 18. The Morgan fingerprint density at radius 3 is 2.04 bits per heavy atom. The van der Waals surface area contributed by atoms with Crippen LogP contribution in [-0.4, -0.2) is 79.4 Å². The topological polar surface area (TPSA) is 146 Å². The summed E-state index contributed by atoms with van der Waals surface area (Å²) in [6, 6.07) is 11.8. The lowest BCUT2D eigenvalue weighted by Gasteiger charge is -2.33. The maximum Gasteiger partial charge on any atom is 0.252 e. The molecule has 1 aliphatic carbocycles. The minimum atomic E-state index is -0.799. The van der Waals surface area contributed by atoms with E-state index < -0.39 is 6.04 Å². The van der Waals surface area contributed by atoms with Gasteiger partial charge in [0.25, 0.3) is 5.91 Å². The average molecular weight is 735 g/mol. The molecule has 6 N–H and O–H groups in total. The van der Waals surface area contributed by atoms with Gasteiger partial charge in [0.15, 0.2) is 12.4 Å². The highest BCUT2D eigenvalue weighted by molar-refractivity contribution is 5.97. The fourth-order valence-electron chi connectivity index (χ4n) is 6.06. The second-order valence-corrected chi connectivity index (χ2v) is 15.7. The maximum atomic E-state index is 13.7. The molecule has 1 heterocycles. The molecule has 53 heavy (non-hydrogen) atoms. The number of H-pyrrole nitrogens is 1. The first-order valence-electron chi connectivity index (χ1n) is 19.4. The molecule has 11 nitrogen and oxygen atoms in total. The number of carbonyl (C=O) groups excluding carboxylic acids is 4. The first-order chi connectivity index (χ1) is 25.1. The van der Waals surface area contributed by atoms with Crippen molar-refractivity contribution in [3.63, 3.8) is 0 Å². The lowest BCUT2D eigenvalue weighted by atomic mass is 9.87. The van der Waals surface area contributed by atoms with E-state index in [-0.39, 0.29) is 59.6 Å². The monoisotopic (exact) mass is 735 g/mol. The number of allylic oxidation sites excluding steroid dienone is 1. The molecule has 1 aromatic heterocycles. The summed E-state index contributed by atoms with van der Waals surface area (Å²) in [7, 11) is 1.59. The Labute approximate surface area is 318 Å². The number of benzene rings is 1. The van der Waals surface area contributed by atoms with Gasteiger partial charge in [-0.3, -0.25) is 19.2 Å². The predicted octanol–water partition coefficient (Wildman–Crippen LogP) is 4.80. The third-order valence-electron chi connectivity index (χ3n) is 8.90. The quantitative estimate of drug-likeness (QED) is 0.149. The van der Waals surface area contributed by atoms with Gasteiger partial charge in [0.2, 0.25) is 17.7 Å². The van der Waals surface area contributed by atoms with E-state index in [1.807, 2.05) is 71.9 Å². The molecule has 0 spiro atoms. The molecule has 1 saturated carbocycles. The van der Waals surface area contributed by atoms with Gasteiger partial charge in [-0.25, -0.2) is 4.98 Å². The summed E-state index contributed by atoms with van der Waals surface area (Å²) in [6.45, 7) is 19.3. The molecule has 1 fully saturated rings. The highest BCUT2D eigenvalue weighted by Crippen LogP contribution is 2.30. The first kappa shape index (κ1) is 44.9. The molecule has 1 aromatic carbocycles. The van der Waals surface area contributed by atoms with Crippen LogP contribution in [0.5, 0.6) is 0 Å². The number of likely N-dealkylation sites (N-methyl/N-ethyl adjacent to an activating group) is 2. The Hall–Kier alpha value is -4.25. The molecular formula is C42H68N7O4+. The molecule has 3 unspecified atom stereocenters. The van der Waals surface area contributed by atoms with E-state index in [4.69, 9.17) is 0 Å². The fraction of sp³-hybridized carbons (Fsp3) is 0.595. The van der Waals surface area contributed by atoms with Crippen LogP contribution in [0.25, 0.3) is 0 Å². The van der Waals surface area contributed by atoms with E-state index >= 15 is 0 Å². The van der Waals surface area contributed by atoms with Gasteiger partial charge in [-0.05, 0) is 68.4 Å². The largest absolute Gasteiger partial charge is 0.376 e. The van der Waals surface area contributed by atoms with Crippen molar-refractivity contribution in [2.75, 3.05) is 26.7 Å². The highest BCUT2D eigenvalue weighted by Gasteiger charge is 2.31. The van der Waals surface area contributed by atoms with Crippen molar-refractivity contribution in [2.45, 2.75) is 125 Å². The number of nitrogens with one attached hydrogen (secondary N) is 6.